The number of nitrogens with one attached hydrogen (secondary N) is 3. The Bertz CT molecular complexity index is 576. The van der Waals surface area contributed by atoms with Crippen molar-refractivity contribution in [3.63, 3.8) is 0 Å². The highest BCUT2D eigenvalue weighted by atomic mass is 35.5. The van der Waals surface area contributed by atoms with Gasteiger partial charge in [0.25, 0.3) is 0 Å². The summed E-state index contributed by atoms with van der Waals surface area (Å²) in [5, 5.41) is 2.76. The number of nitrogens with zero attached hydrogens (tertiary/aromatic N) is 1. The van der Waals surface area contributed by atoms with E-state index in [0.717, 1.165) is 0 Å². The molecule has 3 N–H and O–H groups in total. The number of anilines is 2. The lowest BCUT2D eigenvalue weighted by Crippen LogP contribution is -2.33. The van der Waals surface area contributed by atoms with E-state index in [1.807, 2.05) is 0 Å². The molecular weight excluding hydrogens is 271 g/mol. The number of rotatable bonds is 3. The highest BCUT2D eigenvalue weighted by Crippen LogP contribution is 2.16. The van der Waals surface area contributed by atoms with Gasteiger partial charge in [-0.05, 0) is 36.4 Å². The molecule has 0 unspecified atom stereocenters. The second-order valence-electron chi connectivity index (χ2n) is 3.55. The summed E-state index contributed by atoms with van der Waals surface area (Å²) in [7, 11) is 0. The molecule has 2 aromatic rings. The summed E-state index contributed by atoms with van der Waals surface area (Å²) in [5.41, 5.74) is 5.94. The first kappa shape index (κ1) is 13.1. The standard InChI is InChI=1S/C12H10ClFN4O/c13-11-10(2-1-7-15-11)17-18-12(19)16-9-5-3-8(14)4-6-9/h1-7,17H,(H2,16,18,19). The summed E-state index contributed by atoms with van der Waals surface area (Å²) in [6.07, 6.45) is 1.53. The van der Waals surface area contributed by atoms with Crippen molar-refractivity contribution >= 4 is 29.0 Å². The van der Waals surface area contributed by atoms with Gasteiger partial charge in [-0.3, -0.25) is 10.9 Å². The van der Waals surface area contributed by atoms with Crippen molar-refractivity contribution in [2.75, 3.05) is 10.7 Å². The lowest BCUT2D eigenvalue weighted by Gasteiger charge is -2.10. The zero-order valence-electron chi connectivity index (χ0n) is 9.65. The van der Waals surface area contributed by atoms with Crippen molar-refractivity contribution in [3.8, 4) is 0 Å². The molecule has 7 heteroatoms. The zero-order chi connectivity index (χ0) is 13.7. The zero-order valence-corrected chi connectivity index (χ0v) is 10.4. The minimum Gasteiger partial charge on any atom is -0.307 e. The number of hydrogen-bond donors (Lipinski definition) is 3. The normalized spacial score (nSPS) is 9.79. The Labute approximate surface area is 113 Å². The van der Waals surface area contributed by atoms with E-state index < -0.39 is 6.03 Å². The first-order chi connectivity index (χ1) is 9.15. The van der Waals surface area contributed by atoms with Gasteiger partial charge < -0.3 is 5.32 Å². The van der Waals surface area contributed by atoms with E-state index in [1.165, 1.54) is 30.5 Å². The molecule has 0 fully saturated rings. The number of halogens is 2. The predicted octanol–water partition coefficient (Wildman–Crippen LogP) is 3.02. The van der Waals surface area contributed by atoms with Gasteiger partial charge in [-0.2, -0.15) is 0 Å². The van der Waals surface area contributed by atoms with Gasteiger partial charge in [-0.15, -0.1) is 0 Å². The van der Waals surface area contributed by atoms with Gasteiger partial charge in [0.1, 0.15) is 5.82 Å². The number of hydrogen-bond acceptors (Lipinski definition) is 3. The van der Waals surface area contributed by atoms with Crippen LogP contribution in [0.4, 0.5) is 20.6 Å². The second-order valence-corrected chi connectivity index (χ2v) is 3.91. The van der Waals surface area contributed by atoms with Gasteiger partial charge in [0, 0.05) is 11.9 Å². The monoisotopic (exact) mass is 280 g/mol. The maximum absolute atomic E-state index is 12.7. The summed E-state index contributed by atoms with van der Waals surface area (Å²) in [6, 6.07) is 8.23. The number of amides is 2. The molecule has 2 amide bonds. The molecule has 0 aliphatic rings. The van der Waals surface area contributed by atoms with Gasteiger partial charge in [0.2, 0.25) is 0 Å². The molecule has 0 saturated heterocycles. The van der Waals surface area contributed by atoms with Crippen molar-refractivity contribution in [3.05, 3.63) is 53.6 Å². The van der Waals surface area contributed by atoms with Gasteiger partial charge in [-0.1, -0.05) is 11.6 Å². The Morgan fingerprint density at radius 3 is 2.63 bits per heavy atom. The second kappa shape index (κ2) is 6.01. The number of urea groups is 1. The summed E-state index contributed by atoms with van der Waals surface area (Å²) in [5.74, 6) is -0.369. The summed E-state index contributed by atoms with van der Waals surface area (Å²) in [6.45, 7) is 0. The maximum atomic E-state index is 12.7. The van der Waals surface area contributed by atoms with E-state index in [2.05, 4.69) is 21.2 Å². The Balaban J connectivity index is 1.88. The van der Waals surface area contributed by atoms with Gasteiger partial charge in [0.15, 0.2) is 5.15 Å². The highest BCUT2D eigenvalue weighted by molar-refractivity contribution is 6.31. The van der Waals surface area contributed by atoms with Crippen LogP contribution in [0.25, 0.3) is 0 Å². The molecule has 0 aliphatic heterocycles. The minimum absolute atomic E-state index is 0.240. The molecule has 0 atom stereocenters. The smallest absolute Gasteiger partial charge is 0.307 e. The van der Waals surface area contributed by atoms with E-state index in [9.17, 15) is 9.18 Å². The Kier molecular flexibility index (Phi) is 4.15. The number of carbonyl (C=O) groups is 1. The fourth-order valence-corrected chi connectivity index (χ4v) is 1.47. The van der Waals surface area contributed by atoms with Crippen LogP contribution in [0.15, 0.2) is 42.6 Å². The number of pyridine rings is 1. The van der Waals surface area contributed by atoms with Crippen LogP contribution in [0.2, 0.25) is 5.15 Å². The summed E-state index contributed by atoms with van der Waals surface area (Å²) in [4.78, 5) is 15.4. The molecule has 0 spiro atoms. The van der Waals surface area contributed by atoms with E-state index in [-0.39, 0.29) is 11.0 Å². The minimum atomic E-state index is -0.508. The highest BCUT2D eigenvalue weighted by Gasteiger charge is 2.03. The van der Waals surface area contributed by atoms with Gasteiger partial charge in [-0.25, -0.2) is 14.2 Å². The summed E-state index contributed by atoms with van der Waals surface area (Å²) >= 11 is 5.80. The average Bonchev–Trinajstić information content (AvgIpc) is 2.40. The molecule has 19 heavy (non-hydrogen) atoms. The van der Waals surface area contributed by atoms with Crippen LogP contribution in [0.1, 0.15) is 0 Å². The van der Waals surface area contributed by atoms with Crippen LogP contribution < -0.4 is 16.2 Å². The maximum Gasteiger partial charge on any atom is 0.337 e. The Morgan fingerprint density at radius 1 is 1.21 bits per heavy atom. The molecule has 0 radical (unpaired) electrons. The van der Waals surface area contributed by atoms with Crippen molar-refractivity contribution in [2.45, 2.75) is 0 Å². The third-order valence-corrected chi connectivity index (χ3v) is 2.47. The third-order valence-electron chi connectivity index (χ3n) is 2.17. The van der Waals surface area contributed by atoms with Crippen LogP contribution in [-0.4, -0.2) is 11.0 Å². The molecule has 5 nitrogen and oxygen atoms in total. The van der Waals surface area contributed by atoms with E-state index in [1.54, 1.807) is 12.1 Å². The van der Waals surface area contributed by atoms with Gasteiger partial charge in [0.05, 0.1) is 5.69 Å². The van der Waals surface area contributed by atoms with E-state index in [0.29, 0.717) is 11.4 Å². The first-order valence-electron chi connectivity index (χ1n) is 5.34. The van der Waals surface area contributed by atoms with E-state index in [4.69, 9.17) is 11.6 Å². The van der Waals surface area contributed by atoms with Crippen molar-refractivity contribution < 1.29 is 9.18 Å². The molecule has 98 valence electrons. The van der Waals surface area contributed by atoms with Crippen LogP contribution >= 0.6 is 11.6 Å². The molecular formula is C12H10ClFN4O. The van der Waals surface area contributed by atoms with Crippen molar-refractivity contribution in [1.29, 1.82) is 0 Å². The van der Waals surface area contributed by atoms with Crippen LogP contribution in [0.5, 0.6) is 0 Å². The van der Waals surface area contributed by atoms with Crippen LogP contribution in [-0.2, 0) is 0 Å². The molecule has 0 saturated carbocycles. The number of carbonyl (C=O) groups excluding carboxylic acids is 1. The molecule has 0 aliphatic carbocycles. The van der Waals surface area contributed by atoms with Crippen molar-refractivity contribution in [2.24, 2.45) is 0 Å². The lowest BCUT2D eigenvalue weighted by atomic mass is 10.3. The molecule has 1 aromatic carbocycles. The number of hydrazine groups is 1. The largest absolute Gasteiger partial charge is 0.337 e. The summed E-state index contributed by atoms with van der Waals surface area (Å²) < 4.78 is 12.7. The quantitative estimate of drug-likeness (QED) is 0.598. The average molecular weight is 281 g/mol. The topological polar surface area (TPSA) is 66.0 Å². The van der Waals surface area contributed by atoms with E-state index >= 15 is 0 Å². The fourth-order valence-electron chi connectivity index (χ4n) is 1.30. The first-order valence-corrected chi connectivity index (χ1v) is 5.72. The SMILES string of the molecule is O=C(NNc1cccnc1Cl)Nc1ccc(F)cc1. The van der Waals surface area contributed by atoms with Gasteiger partial charge >= 0.3 is 6.03 Å². The van der Waals surface area contributed by atoms with Crippen LogP contribution in [0, 0.1) is 5.82 Å². The Hall–Kier alpha value is -2.34. The number of benzene rings is 1. The molecule has 0 bridgehead atoms. The predicted molar refractivity (Wildman–Crippen MR) is 71.4 cm³/mol. The molecule has 2 rings (SSSR count). The van der Waals surface area contributed by atoms with Crippen molar-refractivity contribution in [1.82, 2.24) is 10.4 Å². The Morgan fingerprint density at radius 2 is 1.95 bits per heavy atom. The fraction of sp³-hybridized carbons (Fsp3) is 0. The third kappa shape index (κ3) is 3.82. The lowest BCUT2D eigenvalue weighted by molar-refractivity contribution is 0.254. The molecule has 1 heterocycles. The molecule has 1 aromatic heterocycles. The number of aromatic nitrogens is 1. The van der Waals surface area contributed by atoms with Crippen LogP contribution in [0.3, 0.4) is 0 Å².